The molecule has 76 valence electrons. The molecule has 0 spiro atoms. The fraction of sp³-hybridized carbons (Fsp3) is 0.889. The van der Waals surface area contributed by atoms with Crippen molar-refractivity contribution in [2.75, 3.05) is 26.2 Å². The SMILES string of the molecule is CCCOC(=O)N1CCN[C@@H](C)C1. The average molecular weight is 186 g/mol. The van der Waals surface area contributed by atoms with Crippen LogP contribution in [0.15, 0.2) is 0 Å². The normalized spacial score (nSPS) is 22.9. The van der Waals surface area contributed by atoms with Crippen molar-refractivity contribution in [3.8, 4) is 0 Å². The van der Waals surface area contributed by atoms with Crippen LogP contribution in [0.25, 0.3) is 0 Å². The second-order valence-electron chi connectivity index (χ2n) is 3.42. The second kappa shape index (κ2) is 5.07. The number of hydrogen-bond acceptors (Lipinski definition) is 3. The smallest absolute Gasteiger partial charge is 0.409 e. The van der Waals surface area contributed by atoms with Crippen molar-refractivity contribution in [1.29, 1.82) is 0 Å². The molecule has 4 nitrogen and oxygen atoms in total. The summed E-state index contributed by atoms with van der Waals surface area (Å²) in [6.45, 7) is 6.96. The Kier molecular flexibility index (Phi) is 4.02. The summed E-state index contributed by atoms with van der Waals surface area (Å²) >= 11 is 0. The van der Waals surface area contributed by atoms with Crippen LogP contribution in [0.5, 0.6) is 0 Å². The van der Waals surface area contributed by atoms with Crippen molar-refractivity contribution in [2.24, 2.45) is 0 Å². The third-order valence-electron chi connectivity index (χ3n) is 2.06. The van der Waals surface area contributed by atoms with Crippen molar-refractivity contribution < 1.29 is 9.53 Å². The molecule has 0 aromatic rings. The monoisotopic (exact) mass is 186 g/mol. The van der Waals surface area contributed by atoms with Crippen molar-refractivity contribution in [3.05, 3.63) is 0 Å². The zero-order valence-corrected chi connectivity index (χ0v) is 8.38. The fourth-order valence-electron chi connectivity index (χ4n) is 1.38. The lowest BCUT2D eigenvalue weighted by molar-refractivity contribution is 0.0919. The first-order chi connectivity index (χ1) is 6.24. The molecule has 1 amide bonds. The van der Waals surface area contributed by atoms with Gasteiger partial charge in [0.1, 0.15) is 0 Å². The van der Waals surface area contributed by atoms with E-state index in [-0.39, 0.29) is 6.09 Å². The van der Waals surface area contributed by atoms with E-state index in [1.807, 2.05) is 6.92 Å². The molecule has 0 bridgehead atoms. The number of carbonyl (C=O) groups excluding carboxylic acids is 1. The fourth-order valence-corrected chi connectivity index (χ4v) is 1.38. The van der Waals surface area contributed by atoms with E-state index < -0.39 is 0 Å². The lowest BCUT2D eigenvalue weighted by atomic mass is 10.2. The Bertz CT molecular complexity index is 173. The Morgan fingerprint density at radius 3 is 3.08 bits per heavy atom. The van der Waals surface area contributed by atoms with Crippen molar-refractivity contribution in [3.63, 3.8) is 0 Å². The predicted molar refractivity (Wildman–Crippen MR) is 50.7 cm³/mol. The zero-order valence-electron chi connectivity index (χ0n) is 8.38. The Hall–Kier alpha value is -0.770. The average Bonchev–Trinajstić information content (AvgIpc) is 2.14. The highest BCUT2D eigenvalue weighted by Gasteiger charge is 2.20. The molecular weight excluding hydrogens is 168 g/mol. The number of rotatable bonds is 2. The van der Waals surface area contributed by atoms with E-state index in [0.717, 1.165) is 26.1 Å². The molecule has 0 aromatic carbocycles. The molecule has 1 fully saturated rings. The van der Waals surface area contributed by atoms with Gasteiger partial charge in [0.15, 0.2) is 0 Å². The molecule has 1 heterocycles. The van der Waals surface area contributed by atoms with Crippen LogP contribution in [0.1, 0.15) is 20.3 Å². The Labute approximate surface area is 79.2 Å². The van der Waals surface area contributed by atoms with E-state index in [2.05, 4.69) is 12.2 Å². The number of amides is 1. The molecule has 0 saturated carbocycles. The van der Waals surface area contributed by atoms with Gasteiger partial charge in [-0.05, 0) is 13.3 Å². The maximum absolute atomic E-state index is 11.4. The van der Waals surface area contributed by atoms with Crippen LogP contribution in [-0.4, -0.2) is 43.3 Å². The summed E-state index contributed by atoms with van der Waals surface area (Å²) in [6, 6.07) is 0.378. The summed E-state index contributed by atoms with van der Waals surface area (Å²) in [6.07, 6.45) is 0.711. The Morgan fingerprint density at radius 1 is 1.69 bits per heavy atom. The summed E-state index contributed by atoms with van der Waals surface area (Å²) in [4.78, 5) is 13.1. The van der Waals surface area contributed by atoms with Gasteiger partial charge in [-0.3, -0.25) is 0 Å². The van der Waals surface area contributed by atoms with Crippen LogP contribution < -0.4 is 5.32 Å². The maximum Gasteiger partial charge on any atom is 0.409 e. The minimum absolute atomic E-state index is 0.171. The molecular formula is C9H18N2O2. The van der Waals surface area contributed by atoms with Crippen LogP contribution in [0.3, 0.4) is 0 Å². The summed E-state index contributed by atoms with van der Waals surface area (Å²) in [5.74, 6) is 0. The van der Waals surface area contributed by atoms with E-state index in [0.29, 0.717) is 12.6 Å². The first kappa shape index (κ1) is 10.3. The molecule has 4 heteroatoms. The van der Waals surface area contributed by atoms with E-state index in [9.17, 15) is 4.79 Å². The van der Waals surface area contributed by atoms with Gasteiger partial charge < -0.3 is 15.0 Å². The highest BCUT2D eigenvalue weighted by Crippen LogP contribution is 2.01. The molecule has 0 unspecified atom stereocenters. The largest absolute Gasteiger partial charge is 0.449 e. The van der Waals surface area contributed by atoms with Gasteiger partial charge in [-0.1, -0.05) is 6.92 Å². The van der Waals surface area contributed by atoms with Crippen molar-refractivity contribution in [2.45, 2.75) is 26.3 Å². The third kappa shape index (κ3) is 3.22. The van der Waals surface area contributed by atoms with Crippen molar-refractivity contribution in [1.82, 2.24) is 10.2 Å². The minimum atomic E-state index is -0.171. The predicted octanol–water partition coefficient (Wildman–Crippen LogP) is 0.827. The summed E-state index contributed by atoms with van der Waals surface area (Å²) < 4.78 is 5.04. The number of nitrogens with zero attached hydrogens (tertiary/aromatic N) is 1. The first-order valence-electron chi connectivity index (χ1n) is 4.89. The van der Waals surface area contributed by atoms with Crippen LogP contribution >= 0.6 is 0 Å². The second-order valence-corrected chi connectivity index (χ2v) is 3.42. The van der Waals surface area contributed by atoms with Gasteiger partial charge in [-0.2, -0.15) is 0 Å². The highest BCUT2D eigenvalue weighted by atomic mass is 16.6. The molecule has 1 N–H and O–H groups in total. The van der Waals surface area contributed by atoms with Crippen LogP contribution in [0.4, 0.5) is 4.79 Å². The van der Waals surface area contributed by atoms with Gasteiger partial charge in [-0.15, -0.1) is 0 Å². The molecule has 1 saturated heterocycles. The van der Waals surface area contributed by atoms with E-state index >= 15 is 0 Å². The standard InChI is InChI=1S/C9H18N2O2/c1-3-6-13-9(12)11-5-4-10-8(2)7-11/h8,10H,3-7H2,1-2H3/t8-/m0/s1. The Balaban J connectivity index is 2.28. The quantitative estimate of drug-likeness (QED) is 0.694. The molecule has 1 aliphatic heterocycles. The number of ether oxygens (including phenoxy) is 1. The number of carbonyl (C=O) groups is 1. The van der Waals surface area contributed by atoms with Gasteiger partial charge in [0.25, 0.3) is 0 Å². The topological polar surface area (TPSA) is 41.6 Å². The summed E-state index contributed by atoms with van der Waals surface area (Å²) in [5, 5.41) is 3.27. The van der Waals surface area contributed by atoms with Gasteiger partial charge >= 0.3 is 6.09 Å². The van der Waals surface area contributed by atoms with E-state index in [1.165, 1.54) is 0 Å². The number of piperazine rings is 1. The lowest BCUT2D eigenvalue weighted by Gasteiger charge is -2.30. The third-order valence-corrected chi connectivity index (χ3v) is 2.06. The number of hydrogen-bond donors (Lipinski definition) is 1. The van der Waals surface area contributed by atoms with Gasteiger partial charge in [-0.25, -0.2) is 4.79 Å². The van der Waals surface area contributed by atoms with Crippen LogP contribution in [0.2, 0.25) is 0 Å². The summed E-state index contributed by atoms with van der Waals surface area (Å²) in [5.41, 5.74) is 0. The number of nitrogens with one attached hydrogen (secondary N) is 1. The van der Waals surface area contributed by atoms with Crippen LogP contribution in [0, 0.1) is 0 Å². The molecule has 1 atom stereocenters. The maximum atomic E-state index is 11.4. The molecule has 1 rings (SSSR count). The minimum Gasteiger partial charge on any atom is -0.449 e. The molecule has 1 aliphatic rings. The molecule has 0 aromatic heterocycles. The van der Waals surface area contributed by atoms with Gasteiger partial charge in [0.05, 0.1) is 6.61 Å². The molecule has 0 aliphatic carbocycles. The van der Waals surface area contributed by atoms with Crippen LogP contribution in [-0.2, 0) is 4.74 Å². The summed E-state index contributed by atoms with van der Waals surface area (Å²) in [7, 11) is 0. The molecule has 13 heavy (non-hydrogen) atoms. The van der Waals surface area contributed by atoms with Crippen molar-refractivity contribution >= 4 is 6.09 Å². The Morgan fingerprint density at radius 2 is 2.46 bits per heavy atom. The van der Waals surface area contributed by atoms with Gasteiger partial charge in [0.2, 0.25) is 0 Å². The molecule has 0 radical (unpaired) electrons. The van der Waals surface area contributed by atoms with E-state index in [1.54, 1.807) is 4.90 Å². The zero-order chi connectivity index (χ0) is 9.68. The van der Waals surface area contributed by atoms with Gasteiger partial charge in [0, 0.05) is 25.7 Å². The van der Waals surface area contributed by atoms with E-state index in [4.69, 9.17) is 4.74 Å². The first-order valence-corrected chi connectivity index (χ1v) is 4.89. The lowest BCUT2D eigenvalue weighted by Crippen LogP contribution is -2.51. The highest BCUT2D eigenvalue weighted by molar-refractivity contribution is 5.67.